The molecule has 0 radical (unpaired) electrons. The molecule has 0 aliphatic carbocycles. The first-order valence-corrected chi connectivity index (χ1v) is 7.90. The van der Waals surface area contributed by atoms with Crippen LogP contribution in [0.25, 0.3) is 0 Å². The molecular weight excluding hydrogens is 366 g/mol. The molecule has 2 aromatic rings. The standard InChI is InChI=1S/C17H17BrF2N2O/c1-10-7-13(18)4-6-16(10)22-17(23)9-21-11(2)12-3-5-14(19)15(20)8-12/h3-8,11,21H,9H2,1-2H3,(H,22,23)/t11-/m0/s1. The highest BCUT2D eigenvalue weighted by atomic mass is 79.9. The maximum Gasteiger partial charge on any atom is 0.238 e. The second-order valence-electron chi connectivity index (χ2n) is 5.28. The topological polar surface area (TPSA) is 41.1 Å². The molecule has 1 amide bonds. The van der Waals surface area contributed by atoms with Crippen LogP contribution in [0.3, 0.4) is 0 Å². The Kier molecular flexibility index (Phi) is 5.85. The molecule has 2 rings (SSSR count). The fraction of sp³-hybridized carbons (Fsp3) is 0.235. The van der Waals surface area contributed by atoms with Gasteiger partial charge in [-0.25, -0.2) is 8.78 Å². The zero-order chi connectivity index (χ0) is 17.0. The Morgan fingerprint density at radius 2 is 1.91 bits per heavy atom. The molecule has 3 nitrogen and oxygen atoms in total. The fourth-order valence-corrected chi connectivity index (χ4v) is 2.58. The quantitative estimate of drug-likeness (QED) is 0.807. The van der Waals surface area contributed by atoms with Gasteiger partial charge in [0.2, 0.25) is 5.91 Å². The van der Waals surface area contributed by atoms with Gasteiger partial charge >= 0.3 is 0 Å². The van der Waals surface area contributed by atoms with E-state index in [1.54, 1.807) is 6.92 Å². The van der Waals surface area contributed by atoms with Crippen molar-refractivity contribution in [1.82, 2.24) is 5.32 Å². The minimum atomic E-state index is -0.897. The summed E-state index contributed by atoms with van der Waals surface area (Å²) in [6.07, 6.45) is 0. The minimum absolute atomic E-state index is 0.0651. The highest BCUT2D eigenvalue weighted by Gasteiger charge is 2.11. The van der Waals surface area contributed by atoms with Crippen LogP contribution in [-0.2, 0) is 4.79 Å². The lowest BCUT2D eigenvalue weighted by molar-refractivity contribution is -0.115. The van der Waals surface area contributed by atoms with E-state index in [4.69, 9.17) is 0 Å². The Bertz CT molecular complexity index is 722. The van der Waals surface area contributed by atoms with E-state index in [1.165, 1.54) is 6.07 Å². The number of nitrogens with one attached hydrogen (secondary N) is 2. The van der Waals surface area contributed by atoms with Gasteiger partial charge in [-0.2, -0.15) is 0 Å². The van der Waals surface area contributed by atoms with Gasteiger partial charge in [0, 0.05) is 16.2 Å². The Labute approximate surface area is 142 Å². The normalized spacial score (nSPS) is 12.0. The third-order valence-corrected chi connectivity index (χ3v) is 3.97. The van der Waals surface area contributed by atoms with Gasteiger partial charge in [0.25, 0.3) is 0 Å². The van der Waals surface area contributed by atoms with Crippen molar-refractivity contribution in [3.8, 4) is 0 Å². The van der Waals surface area contributed by atoms with Crippen molar-refractivity contribution in [3.63, 3.8) is 0 Å². The lowest BCUT2D eigenvalue weighted by atomic mass is 10.1. The molecule has 0 bridgehead atoms. The van der Waals surface area contributed by atoms with Gasteiger partial charge in [0.05, 0.1) is 6.54 Å². The van der Waals surface area contributed by atoms with Crippen LogP contribution < -0.4 is 10.6 Å². The molecule has 0 saturated carbocycles. The van der Waals surface area contributed by atoms with Crippen LogP contribution in [-0.4, -0.2) is 12.5 Å². The fourth-order valence-electron chi connectivity index (χ4n) is 2.11. The van der Waals surface area contributed by atoms with E-state index < -0.39 is 11.6 Å². The van der Waals surface area contributed by atoms with Crippen LogP contribution in [0.5, 0.6) is 0 Å². The van der Waals surface area contributed by atoms with Crippen LogP contribution >= 0.6 is 15.9 Å². The van der Waals surface area contributed by atoms with Crippen molar-refractivity contribution >= 4 is 27.5 Å². The first kappa shape index (κ1) is 17.6. The summed E-state index contributed by atoms with van der Waals surface area (Å²) < 4.78 is 27.1. The average Bonchev–Trinajstić information content (AvgIpc) is 2.50. The third-order valence-electron chi connectivity index (χ3n) is 3.48. The average molecular weight is 383 g/mol. The van der Waals surface area contributed by atoms with E-state index in [2.05, 4.69) is 26.6 Å². The van der Waals surface area contributed by atoms with E-state index in [1.807, 2.05) is 25.1 Å². The zero-order valence-corrected chi connectivity index (χ0v) is 14.4. The number of benzene rings is 2. The minimum Gasteiger partial charge on any atom is -0.325 e. The number of carbonyl (C=O) groups excluding carboxylic acids is 1. The van der Waals surface area contributed by atoms with E-state index >= 15 is 0 Å². The summed E-state index contributed by atoms with van der Waals surface area (Å²) in [5.41, 5.74) is 2.26. The SMILES string of the molecule is Cc1cc(Br)ccc1NC(=O)CN[C@@H](C)c1ccc(F)c(F)c1. The van der Waals surface area contributed by atoms with Gasteiger partial charge in [-0.15, -0.1) is 0 Å². The van der Waals surface area contributed by atoms with Crippen molar-refractivity contribution < 1.29 is 13.6 Å². The van der Waals surface area contributed by atoms with Crippen LogP contribution in [0.4, 0.5) is 14.5 Å². The molecule has 1 atom stereocenters. The predicted octanol–water partition coefficient (Wildman–Crippen LogP) is 4.33. The van der Waals surface area contributed by atoms with E-state index in [0.717, 1.165) is 27.9 Å². The molecule has 2 aromatic carbocycles. The predicted molar refractivity (Wildman–Crippen MR) is 90.3 cm³/mol. The molecule has 23 heavy (non-hydrogen) atoms. The number of aryl methyl sites for hydroxylation is 1. The van der Waals surface area contributed by atoms with Gasteiger partial charge in [-0.05, 0) is 55.3 Å². The number of amides is 1. The maximum atomic E-state index is 13.2. The lowest BCUT2D eigenvalue weighted by Gasteiger charge is -2.15. The first-order chi connectivity index (χ1) is 10.9. The third kappa shape index (κ3) is 4.84. The second kappa shape index (κ2) is 7.66. The number of anilines is 1. The molecule has 0 unspecified atom stereocenters. The molecule has 0 saturated heterocycles. The zero-order valence-electron chi connectivity index (χ0n) is 12.8. The van der Waals surface area contributed by atoms with Crippen molar-refractivity contribution in [1.29, 1.82) is 0 Å². The van der Waals surface area contributed by atoms with Gasteiger partial charge in [0.1, 0.15) is 0 Å². The Balaban J connectivity index is 1.91. The monoisotopic (exact) mass is 382 g/mol. The Morgan fingerprint density at radius 1 is 1.17 bits per heavy atom. The summed E-state index contributed by atoms with van der Waals surface area (Å²) in [7, 11) is 0. The first-order valence-electron chi connectivity index (χ1n) is 7.11. The Morgan fingerprint density at radius 3 is 2.57 bits per heavy atom. The highest BCUT2D eigenvalue weighted by molar-refractivity contribution is 9.10. The second-order valence-corrected chi connectivity index (χ2v) is 6.20. The van der Waals surface area contributed by atoms with Crippen LogP contribution in [0, 0.1) is 18.6 Å². The molecule has 0 heterocycles. The largest absolute Gasteiger partial charge is 0.325 e. The molecule has 0 fully saturated rings. The molecule has 122 valence electrons. The van der Waals surface area contributed by atoms with E-state index in [0.29, 0.717) is 5.56 Å². The van der Waals surface area contributed by atoms with Gasteiger partial charge in [-0.1, -0.05) is 22.0 Å². The number of rotatable bonds is 5. The number of hydrogen-bond acceptors (Lipinski definition) is 2. The van der Waals surface area contributed by atoms with E-state index in [-0.39, 0.29) is 18.5 Å². The molecule has 6 heteroatoms. The van der Waals surface area contributed by atoms with Gasteiger partial charge in [-0.3, -0.25) is 4.79 Å². The molecule has 0 aliphatic rings. The summed E-state index contributed by atoms with van der Waals surface area (Å²) in [4.78, 5) is 12.0. The molecule has 0 aromatic heterocycles. The Hall–Kier alpha value is -1.79. The number of hydrogen-bond donors (Lipinski definition) is 2. The number of halogens is 3. The number of carbonyl (C=O) groups is 1. The molecule has 2 N–H and O–H groups in total. The highest BCUT2D eigenvalue weighted by Crippen LogP contribution is 2.20. The molecular formula is C17H17BrF2N2O. The van der Waals surface area contributed by atoms with Crippen LogP contribution in [0.1, 0.15) is 24.1 Å². The maximum absolute atomic E-state index is 13.2. The smallest absolute Gasteiger partial charge is 0.238 e. The van der Waals surface area contributed by atoms with E-state index in [9.17, 15) is 13.6 Å². The van der Waals surface area contributed by atoms with Crippen molar-refractivity contribution in [3.05, 3.63) is 63.6 Å². The van der Waals surface area contributed by atoms with Crippen LogP contribution in [0.2, 0.25) is 0 Å². The summed E-state index contributed by atoms with van der Waals surface area (Å²) in [6.45, 7) is 3.75. The summed E-state index contributed by atoms with van der Waals surface area (Å²) in [5, 5.41) is 5.79. The summed E-state index contributed by atoms with van der Waals surface area (Å²) >= 11 is 3.37. The summed E-state index contributed by atoms with van der Waals surface area (Å²) in [6, 6.07) is 9.00. The van der Waals surface area contributed by atoms with Crippen molar-refractivity contribution in [2.24, 2.45) is 0 Å². The lowest BCUT2D eigenvalue weighted by Crippen LogP contribution is -2.30. The van der Waals surface area contributed by atoms with Crippen molar-refractivity contribution in [2.45, 2.75) is 19.9 Å². The van der Waals surface area contributed by atoms with Crippen molar-refractivity contribution in [2.75, 3.05) is 11.9 Å². The van der Waals surface area contributed by atoms with Crippen LogP contribution in [0.15, 0.2) is 40.9 Å². The molecule has 0 spiro atoms. The van der Waals surface area contributed by atoms with Gasteiger partial charge < -0.3 is 10.6 Å². The van der Waals surface area contributed by atoms with Gasteiger partial charge in [0.15, 0.2) is 11.6 Å². The molecule has 0 aliphatic heterocycles. The summed E-state index contributed by atoms with van der Waals surface area (Å²) in [5.74, 6) is -1.99.